The van der Waals surface area contributed by atoms with Gasteiger partial charge in [0.15, 0.2) is 0 Å². The molecule has 1 aliphatic carbocycles. The lowest BCUT2D eigenvalue weighted by Crippen LogP contribution is -2.25. The van der Waals surface area contributed by atoms with Crippen molar-refractivity contribution in [3.05, 3.63) is 129 Å². The van der Waals surface area contributed by atoms with Gasteiger partial charge in [-0.05, 0) is 41.3 Å². The number of hydrogen-bond donors (Lipinski definition) is 1. The van der Waals surface area contributed by atoms with Gasteiger partial charge in [-0.15, -0.1) is 0 Å². The SMILES string of the molecule is C=C(/C=C1/C(=O)C(c2c(-c3ccccc3)n(C)c3ccccc23)=C1O)C(C)(C)c1cc([N+](=O)[O-])ccc1C. The summed E-state index contributed by atoms with van der Waals surface area (Å²) in [6, 6.07) is 22.4. The normalized spacial score (nSPS) is 14.7. The lowest BCUT2D eigenvalue weighted by atomic mass is 9.73. The molecule has 0 amide bonds. The van der Waals surface area contributed by atoms with E-state index in [1.165, 1.54) is 6.07 Å². The standard InChI is InChI=1S/C32H28N2O4/c1-19-15-16-22(34(37)38)18-25(19)32(3,4)20(2)17-24-30(35)28(31(24)36)27-23-13-9-10-14-26(23)33(5)29(27)21-11-7-6-8-12-21/h6-18,35H,2H2,1,3-5H3/b24-17+. The van der Waals surface area contributed by atoms with E-state index in [2.05, 4.69) is 6.58 Å². The Morgan fingerprint density at radius 2 is 1.71 bits per heavy atom. The third kappa shape index (κ3) is 3.77. The number of nitro groups is 1. The number of aliphatic hydroxyl groups is 1. The number of para-hydroxylation sites is 1. The summed E-state index contributed by atoms with van der Waals surface area (Å²) < 4.78 is 2.04. The van der Waals surface area contributed by atoms with Crippen molar-refractivity contribution in [1.82, 2.24) is 4.57 Å². The highest BCUT2D eigenvalue weighted by Gasteiger charge is 2.39. The Balaban J connectivity index is 1.62. The molecule has 0 bridgehead atoms. The highest BCUT2D eigenvalue weighted by atomic mass is 16.6. The molecule has 0 atom stereocenters. The summed E-state index contributed by atoms with van der Waals surface area (Å²) in [5, 5.41) is 23.5. The number of rotatable bonds is 6. The van der Waals surface area contributed by atoms with E-state index in [1.807, 2.05) is 87.0 Å². The molecule has 1 aliphatic rings. The van der Waals surface area contributed by atoms with Gasteiger partial charge in [0, 0.05) is 41.1 Å². The fraction of sp³-hybridized carbons (Fsp3) is 0.156. The van der Waals surface area contributed by atoms with E-state index in [-0.39, 0.29) is 28.4 Å². The first-order valence-corrected chi connectivity index (χ1v) is 12.3. The van der Waals surface area contributed by atoms with Crippen LogP contribution >= 0.6 is 0 Å². The van der Waals surface area contributed by atoms with Crippen LogP contribution in [-0.2, 0) is 17.3 Å². The fourth-order valence-electron chi connectivity index (χ4n) is 5.29. The number of nitrogens with zero attached hydrogens (tertiary/aromatic N) is 2. The van der Waals surface area contributed by atoms with Crippen LogP contribution in [0, 0.1) is 17.0 Å². The minimum absolute atomic E-state index is 0.00623. The van der Waals surface area contributed by atoms with Crippen molar-refractivity contribution in [3.63, 3.8) is 0 Å². The summed E-state index contributed by atoms with van der Waals surface area (Å²) in [7, 11) is 1.96. The quantitative estimate of drug-likeness (QED) is 0.169. The van der Waals surface area contributed by atoms with Crippen molar-refractivity contribution in [1.29, 1.82) is 0 Å². The topological polar surface area (TPSA) is 85.4 Å². The highest BCUT2D eigenvalue weighted by molar-refractivity contribution is 6.41. The molecule has 1 N–H and O–H groups in total. The molecule has 4 aromatic rings. The van der Waals surface area contributed by atoms with Crippen LogP contribution in [0.2, 0.25) is 0 Å². The monoisotopic (exact) mass is 504 g/mol. The number of carbonyl (C=O) groups is 1. The fourth-order valence-corrected chi connectivity index (χ4v) is 5.29. The molecule has 1 aromatic heterocycles. The molecule has 1 heterocycles. The third-order valence-electron chi connectivity index (χ3n) is 7.59. The zero-order valence-electron chi connectivity index (χ0n) is 21.8. The molecule has 38 heavy (non-hydrogen) atoms. The van der Waals surface area contributed by atoms with E-state index in [0.717, 1.165) is 33.3 Å². The van der Waals surface area contributed by atoms with Crippen LogP contribution in [-0.4, -0.2) is 20.4 Å². The first kappa shape index (κ1) is 25.0. The van der Waals surface area contributed by atoms with E-state index >= 15 is 0 Å². The van der Waals surface area contributed by atoms with Gasteiger partial charge < -0.3 is 9.67 Å². The van der Waals surface area contributed by atoms with E-state index in [1.54, 1.807) is 18.2 Å². The molecular formula is C32H28N2O4. The second-order valence-electron chi connectivity index (χ2n) is 10.2. The van der Waals surface area contributed by atoms with Crippen LogP contribution < -0.4 is 0 Å². The smallest absolute Gasteiger partial charge is 0.269 e. The number of aryl methyl sites for hydroxylation is 2. The molecule has 6 heteroatoms. The molecule has 0 saturated heterocycles. The predicted octanol–water partition coefficient (Wildman–Crippen LogP) is 7.37. The first-order chi connectivity index (χ1) is 18.0. The Morgan fingerprint density at radius 1 is 1.05 bits per heavy atom. The second-order valence-corrected chi connectivity index (χ2v) is 10.2. The highest BCUT2D eigenvalue weighted by Crippen LogP contribution is 2.46. The minimum atomic E-state index is -0.714. The van der Waals surface area contributed by atoms with Crippen LogP contribution in [0.5, 0.6) is 0 Å². The van der Waals surface area contributed by atoms with Crippen LogP contribution in [0.1, 0.15) is 30.5 Å². The van der Waals surface area contributed by atoms with Gasteiger partial charge >= 0.3 is 0 Å². The molecule has 0 aliphatic heterocycles. The molecule has 190 valence electrons. The summed E-state index contributed by atoms with van der Waals surface area (Å²) in [6.45, 7) is 9.88. The van der Waals surface area contributed by atoms with Crippen molar-refractivity contribution < 1.29 is 14.8 Å². The maximum Gasteiger partial charge on any atom is 0.269 e. The van der Waals surface area contributed by atoms with Crippen molar-refractivity contribution >= 4 is 27.9 Å². The van der Waals surface area contributed by atoms with Gasteiger partial charge in [-0.25, -0.2) is 0 Å². The molecule has 0 saturated carbocycles. The number of carbonyl (C=O) groups excluding carboxylic acids is 1. The molecule has 0 radical (unpaired) electrons. The molecule has 6 nitrogen and oxygen atoms in total. The minimum Gasteiger partial charge on any atom is -0.506 e. The number of aromatic nitrogens is 1. The van der Waals surface area contributed by atoms with Crippen LogP contribution in [0.15, 0.2) is 102 Å². The van der Waals surface area contributed by atoms with E-state index < -0.39 is 10.3 Å². The molecule has 0 unspecified atom stereocenters. The number of nitro benzene ring substituents is 1. The number of Topliss-reactive ketones (excluding diaryl/α,β-unsaturated/α-hetero) is 1. The van der Waals surface area contributed by atoms with E-state index in [0.29, 0.717) is 11.1 Å². The number of hydrogen-bond acceptors (Lipinski definition) is 4. The Hall–Kier alpha value is -4.71. The third-order valence-corrected chi connectivity index (χ3v) is 7.59. The molecule has 0 fully saturated rings. The van der Waals surface area contributed by atoms with Gasteiger partial charge in [-0.1, -0.05) is 75.0 Å². The van der Waals surface area contributed by atoms with Crippen LogP contribution in [0.4, 0.5) is 5.69 Å². The zero-order valence-corrected chi connectivity index (χ0v) is 21.8. The lowest BCUT2D eigenvalue weighted by Gasteiger charge is -2.30. The lowest BCUT2D eigenvalue weighted by molar-refractivity contribution is -0.385. The maximum atomic E-state index is 13.6. The predicted molar refractivity (Wildman–Crippen MR) is 151 cm³/mol. The van der Waals surface area contributed by atoms with Gasteiger partial charge in [0.25, 0.3) is 5.69 Å². The molecule has 0 spiro atoms. The van der Waals surface area contributed by atoms with Gasteiger partial charge in [0.05, 0.1) is 21.8 Å². The Kier molecular flexibility index (Phi) is 5.91. The summed E-state index contributed by atoms with van der Waals surface area (Å²) in [5.74, 6) is -0.333. The Labute approximate surface area is 221 Å². The summed E-state index contributed by atoms with van der Waals surface area (Å²) in [4.78, 5) is 24.5. The number of allylic oxidation sites excluding steroid dienone is 4. The van der Waals surface area contributed by atoms with Gasteiger partial charge in [-0.2, -0.15) is 0 Å². The molecular weight excluding hydrogens is 476 g/mol. The van der Waals surface area contributed by atoms with Crippen molar-refractivity contribution in [2.45, 2.75) is 26.2 Å². The summed E-state index contributed by atoms with van der Waals surface area (Å²) in [6.07, 6.45) is 1.60. The van der Waals surface area contributed by atoms with Gasteiger partial charge in [0.2, 0.25) is 5.78 Å². The van der Waals surface area contributed by atoms with Crippen molar-refractivity contribution in [2.75, 3.05) is 0 Å². The maximum absolute atomic E-state index is 13.6. The van der Waals surface area contributed by atoms with Crippen LogP contribution in [0.25, 0.3) is 27.7 Å². The zero-order chi connectivity index (χ0) is 27.4. The van der Waals surface area contributed by atoms with Gasteiger partial charge in [-0.3, -0.25) is 14.9 Å². The average molecular weight is 505 g/mol. The number of ketones is 1. The first-order valence-electron chi connectivity index (χ1n) is 12.3. The number of fused-ring (bicyclic) bond motifs is 1. The molecule has 3 aromatic carbocycles. The number of aliphatic hydroxyl groups excluding tert-OH is 1. The van der Waals surface area contributed by atoms with E-state index in [9.17, 15) is 20.0 Å². The average Bonchev–Trinajstić information content (AvgIpc) is 3.19. The Bertz CT molecular complexity index is 1720. The van der Waals surface area contributed by atoms with E-state index in [4.69, 9.17) is 0 Å². The largest absolute Gasteiger partial charge is 0.506 e. The van der Waals surface area contributed by atoms with Crippen molar-refractivity contribution in [3.8, 4) is 11.3 Å². The number of benzene rings is 3. The van der Waals surface area contributed by atoms with Crippen molar-refractivity contribution in [2.24, 2.45) is 7.05 Å². The van der Waals surface area contributed by atoms with Gasteiger partial charge in [0.1, 0.15) is 5.76 Å². The summed E-state index contributed by atoms with van der Waals surface area (Å²) in [5.41, 5.74) is 5.39. The van der Waals surface area contributed by atoms with Crippen LogP contribution in [0.3, 0.4) is 0 Å². The molecule has 5 rings (SSSR count). The second kappa shape index (κ2) is 8.99. The number of non-ortho nitro benzene ring substituents is 1. The summed E-state index contributed by atoms with van der Waals surface area (Å²) >= 11 is 0. The Morgan fingerprint density at radius 3 is 2.37 bits per heavy atom.